The maximum absolute atomic E-state index is 11.6. The van der Waals surface area contributed by atoms with Crippen LogP contribution in [0.25, 0.3) is 0 Å². The number of anilines is 1. The number of carbonyl (C=O) groups excluding carboxylic acids is 1. The van der Waals surface area contributed by atoms with Crippen molar-refractivity contribution >= 4 is 11.6 Å². The fraction of sp³-hybridized carbons (Fsp3) is 0.455. The lowest BCUT2D eigenvalue weighted by Crippen LogP contribution is -2.33. The molecule has 5 heteroatoms. The predicted octanol–water partition coefficient (Wildman–Crippen LogP) is 0.345. The highest BCUT2D eigenvalue weighted by atomic mass is 16.1. The number of amides is 1. The molecule has 0 unspecified atom stereocenters. The molecule has 0 radical (unpaired) electrons. The number of likely N-dealkylation sites (N-methyl/N-ethyl adjacent to an activating group) is 1. The molecule has 0 saturated heterocycles. The van der Waals surface area contributed by atoms with Crippen molar-refractivity contribution in [2.75, 3.05) is 32.4 Å². The van der Waals surface area contributed by atoms with Gasteiger partial charge in [-0.2, -0.15) is 0 Å². The summed E-state index contributed by atoms with van der Waals surface area (Å²) in [6.45, 7) is 4.49. The lowest BCUT2D eigenvalue weighted by molar-refractivity contribution is 0.0945. The number of rotatable bonds is 5. The second-order valence-electron chi connectivity index (χ2n) is 3.63. The Morgan fingerprint density at radius 1 is 1.56 bits per heavy atom. The molecule has 0 aliphatic carbocycles. The van der Waals surface area contributed by atoms with Crippen LogP contribution in [0.2, 0.25) is 0 Å². The molecule has 1 aromatic rings. The molecule has 88 valence electrons. The molecule has 1 heterocycles. The number of nitrogens with two attached hydrogens (primary N) is 1. The number of aromatic nitrogens is 1. The maximum Gasteiger partial charge on any atom is 0.269 e. The van der Waals surface area contributed by atoms with Crippen LogP contribution < -0.4 is 11.1 Å². The summed E-state index contributed by atoms with van der Waals surface area (Å²) in [5.41, 5.74) is 6.44. The van der Waals surface area contributed by atoms with Crippen molar-refractivity contribution in [3.63, 3.8) is 0 Å². The van der Waals surface area contributed by atoms with Crippen LogP contribution in [0.5, 0.6) is 0 Å². The first-order valence-electron chi connectivity index (χ1n) is 5.31. The Balaban J connectivity index is 2.38. The Morgan fingerprint density at radius 3 is 2.88 bits per heavy atom. The van der Waals surface area contributed by atoms with Crippen molar-refractivity contribution in [2.45, 2.75) is 6.92 Å². The van der Waals surface area contributed by atoms with E-state index in [0.29, 0.717) is 17.9 Å². The van der Waals surface area contributed by atoms with E-state index in [9.17, 15) is 4.79 Å². The van der Waals surface area contributed by atoms with E-state index in [1.807, 2.05) is 7.05 Å². The molecule has 1 amide bonds. The van der Waals surface area contributed by atoms with Gasteiger partial charge in [-0.1, -0.05) is 6.92 Å². The topological polar surface area (TPSA) is 71.2 Å². The first-order valence-corrected chi connectivity index (χ1v) is 5.31. The molecule has 0 spiro atoms. The summed E-state index contributed by atoms with van der Waals surface area (Å²) in [5.74, 6) is -0.162. The standard InChI is InChI=1S/C11H18N4O/c1-3-15(2)7-6-13-11(16)10-5-4-9(12)8-14-10/h4-5,8H,3,6-7,12H2,1-2H3,(H,13,16). The minimum Gasteiger partial charge on any atom is -0.397 e. The van der Waals surface area contributed by atoms with Crippen LogP contribution in [0.1, 0.15) is 17.4 Å². The van der Waals surface area contributed by atoms with Gasteiger partial charge in [0.2, 0.25) is 0 Å². The number of nitrogen functional groups attached to an aromatic ring is 1. The smallest absolute Gasteiger partial charge is 0.269 e. The van der Waals surface area contributed by atoms with Gasteiger partial charge >= 0.3 is 0 Å². The molecule has 0 aromatic carbocycles. The van der Waals surface area contributed by atoms with Gasteiger partial charge in [0.25, 0.3) is 5.91 Å². The zero-order valence-electron chi connectivity index (χ0n) is 9.73. The van der Waals surface area contributed by atoms with Crippen LogP contribution in [0.3, 0.4) is 0 Å². The maximum atomic E-state index is 11.6. The predicted molar refractivity (Wildman–Crippen MR) is 64.2 cm³/mol. The van der Waals surface area contributed by atoms with Crippen LogP contribution in [0.15, 0.2) is 18.3 Å². The highest BCUT2D eigenvalue weighted by Gasteiger charge is 2.05. The third-order valence-electron chi connectivity index (χ3n) is 2.34. The van der Waals surface area contributed by atoms with Crippen LogP contribution in [-0.4, -0.2) is 42.5 Å². The molecule has 16 heavy (non-hydrogen) atoms. The lowest BCUT2D eigenvalue weighted by Gasteiger charge is -2.13. The summed E-state index contributed by atoms with van der Waals surface area (Å²) in [7, 11) is 2.01. The van der Waals surface area contributed by atoms with Crippen molar-refractivity contribution in [1.29, 1.82) is 0 Å². The summed E-state index contributed by atoms with van der Waals surface area (Å²) < 4.78 is 0. The van der Waals surface area contributed by atoms with Gasteiger partial charge in [0.1, 0.15) is 5.69 Å². The zero-order valence-corrected chi connectivity index (χ0v) is 9.73. The number of nitrogens with zero attached hydrogens (tertiary/aromatic N) is 2. The van der Waals surface area contributed by atoms with Crippen molar-refractivity contribution < 1.29 is 4.79 Å². The summed E-state index contributed by atoms with van der Waals surface area (Å²) >= 11 is 0. The number of pyridine rings is 1. The summed E-state index contributed by atoms with van der Waals surface area (Å²) in [6, 6.07) is 3.29. The number of nitrogens with one attached hydrogen (secondary N) is 1. The van der Waals surface area contributed by atoms with Crippen LogP contribution >= 0.6 is 0 Å². The largest absolute Gasteiger partial charge is 0.397 e. The van der Waals surface area contributed by atoms with E-state index >= 15 is 0 Å². The van der Waals surface area contributed by atoms with Crippen molar-refractivity contribution in [1.82, 2.24) is 15.2 Å². The molecule has 1 rings (SSSR count). The van der Waals surface area contributed by atoms with E-state index in [1.165, 1.54) is 6.20 Å². The van der Waals surface area contributed by atoms with Crippen molar-refractivity contribution in [3.05, 3.63) is 24.0 Å². The highest BCUT2D eigenvalue weighted by Crippen LogP contribution is 2.00. The summed E-state index contributed by atoms with van der Waals surface area (Å²) in [5, 5.41) is 2.80. The Morgan fingerprint density at radius 2 is 2.31 bits per heavy atom. The van der Waals surface area contributed by atoms with E-state index in [2.05, 4.69) is 22.1 Å². The molecule has 0 saturated carbocycles. The normalized spacial score (nSPS) is 10.4. The van der Waals surface area contributed by atoms with Gasteiger partial charge < -0.3 is 16.0 Å². The second-order valence-corrected chi connectivity index (χ2v) is 3.63. The first-order chi connectivity index (χ1) is 7.63. The number of hydrogen-bond acceptors (Lipinski definition) is 4. The molecule has 5 nitrogen and oxygen atoms in total. The molecule has 0 bridgehead atoms. The molecule has 0 atom stereocenters. The Kier molecular flexibility index (Phi) is 4.72. The Labute approximate surface area is 95.7 Å². The molecule has 0 aliphatic rings. The molecule has 3 N–H and O–H groups in total. The zero-order chi connectivity index (χ0) is 12.0. The third-order valence-corrected chi connectivity index (χ3v) is 2.34. The quantitative estimate of drug-likeness (QED) is 0.754. The van der Waals surface area contributed by atoms with Crippen molar-refractivity contribution in [3.8, 4) is 0 Å². The van der Waals surface area contributed by atoms with Gasteiger partial charge in [-0.15, -0.1) is 0 Å². The highest BCUT2D eigenvalue weighted by molar-refractivity contribution is 5.92. The fourth-order valence-electron chi connectivity index (χ4n) is 1.15. The van der Waals surface area contributed by atoms with Crippen LogP contribution in [-0.2, 0) is 0 Å². The van der Waals surface area contributed by atoms with Crippen LogP contribution in [0, 0.1) is 0 Å². The van der Waals surface area contributed by atoms with Gasteiger partial charge in [-0.3, -0.25) is 4.79 Å². The first kappa shape index (κ1) is 12.4. The molecule has 0 aliphatic heterocycles. The fourth-order valence-corrected chi connectivity index (χ4v) is 1.15. The average Bonchev–Trinajstić information content (AvgIpc) is 2.29. The Bertz CT molecular complexity index is 336. The van der Waals surface area contributed by atoms with E-state index in [4.69, 9.17) is 5.73 Å². The van der Waals surface area contributed by atoms with Gasteiger partial charge in [-0.05, 0) is 25.7 Å². The minimum absolute atomic E-state index is 0.162. The van der Waals surface area contributed by atoms with E-state index in [1.54, 1.807) is 12.1 Å². The average molecular weight is 222 g/mol. The Hall–Kier alpha value is -1.62. The number of hydrogen-bond donors (Lipinski definition) is 2. The second kappa shape index (κ2) is 6.07. The number of carbonyl (C=O) groups is 1. The molecule has 0 fully saturated rings. The van der Waals surface area contributed by atoms with Gasteiger partial charge in [0.05, 0.1) is 11.9 Å². The summed E-state index contributed by atoms with van der Waals surface area (Å²) in [6.07, 6.45) is 1.48. The lowest BCUT2D eigenvalue weighted by atomic mass is 10.3. The SMILES string of the molecule is CCN(C)CCNC(=O)c1ccc(N)cn1. The van der Waals surface area contributed by atoms with E-state index in [-0.39, 0.29) is 5.91 Å². The van der Waals surface area contributed by atoms with Gasteiger partial charge in [0, 0.05) is 13.1 Å². The van der Waals surface area contributed by atoms with E-state index < -0.39 is 0 Å². The monoisotopic (exact) mass is 222 g/mol. The van der Waals surface area contributed by atoms with Crippen molar-refractivity contribution in [2.24, 2.45) is 0 Å². The molecular formula is C11H18N4O. The van der Waals surface area contributed by atoms with Gasteiger partial charge in [0.15, 0.2) is 0 Å². The molecule has 1 aromatic heterocycles. The van der Waals surface area contributed by atoms with E-state index in [0.717, 1.165) is 13.1 Å². The van der Waals surface area contributed by atoms with Crippen LogP contribution in [0.4, 0.5) is 5.69 Å². The summed E-state index contributed by atoms with van der Waals surface area (Å²) in [4.78, 5) is 17.7. The molecular weight excluding hydrogens is 204 g/mol. The third kappa shape index (κ3) is 3.86. The minimum atomic E-state index is -0.162. The van der Waals surface area contributed by atoms with Gasteiger partial charge in [-0.25, -0.2) is 4.98 Å².